The Labute approximate surface area is 99.4 Å². The maximum atomic E-state index is 13.3. The highest BCUT2D eigenvalue weighted by Crippen LogP contribution is 2.22. The molecule has 0 fully saturated rings. The van der Waals surface area contributed by atoms with Gasteiger partial charge < -0.3 is 4.74 Å². The normalized spacial score (nSPS) is 10.6. The molecule has 1 aromatic rings. The first-order chi connectivity index (χ1) is 7.45. The minimum absolute atomic E-state index is 0.0837. The summed E-state index contributed by atoms with van der Waals surface area (Å²) in [6, 6.07) is 2.60. The summed E-state index contributed by atoms with van der Waals surface area (Å²) in [7, 11) is 0. The average molecular weight is 245 g/mol. The number of ether oxygens (including phenoxy) is 1. The number of rotatable bonds is 3. The molecule has 0 spiro atoms. The van der Waals surface area contributed by atoms with Crippen molar-refractivity contribution in [3.8, 4) is 0 Å². The number of aryl methyl sites for hydroxylation is 1. The molecular formula is C12H14ClFO2. The molecule has 4 heteroatoms. The molecule has 16 heavy (non-hydrogen) atoms. The Kier molecular flexibility index (Phi) is 4.30. The maximum absolute atomic E-state index is 13.3. The number of halogens is 2. The van der Waals surface area contributed by atoms with Gasteiger partial charge in [-0.1, -0.05) is 18.5 Å². The molecule has 0 unspecified atom stereocenters. The molecule has 2 nitrogen and oxygen atoms in total. The number of esters is 1. The van der Waals surface area contributed by atoms with Gasteiger partial charge in [0.15, 0.2) is 0 Å². The summed E-state index contributed by atoms with van der Waals surface area (Å²) in [4.78, 5) is 11.6. The fourth-order valence-corrected chi connectivity index (χ4v) is 1.53. The van der Waals surface area contributed by atoms with E-state index in [1.54, 1.807) is 13.8 Å². The molecule has 0 aliphatic rings. The molecule has 0 atom stereocenters. The summed E-state index contributed by atoms with van der Waals surface area (Å²) in [5.74, 6) is -0.914. The van der Waals surface area contributed by atoms with Crippen LogP contribution in [-0.2, 0) is 11.2 Å². The van der Waals surface area contributed by atoms with Crippen LogP contribution in [0.15, 0.2) is 12.1 Å². The molecule has 0 saturated carbocycles. The number of carbonyl (C=O) groups is 1. The first kappa shape index (κ1) is 13.0. The lowest BCUT2D eigenvalue weighted by atomic mass is 10.1. The van der Waals surface area contributed by atoms with E-state index in [-0.39, 0.29) is 16.7 Å². The summed E-state index contributed by atoms with van der Waals surface area (Å²) in [5.41, 5.74) is 0.675. The van der Waals surface area contributed by atoms with Gasteiger partial charge in [0, 0.05) is 0 Å². The topological polar surface area (TPSA) is 26.3 Å². The van der Waals surface area contributed by atoms with Crippen molar-refractivity contribution in [3.05, 3.63) is 34.1 Å². The summed E-state index contributed by atoms with van der Waals surface area (Å²) in [6.45, 7) is 5.30. The number of hydrogen-bond acceptors (Lipinski definition) is 2. The van der Waals surface area contributed by atoms with Gasteiger partial charge in [0.1, 0.15) is 5.82 Å². The number of benzene rings is 1. The van der Waals surface area contributed by atoms with Crippen molar-refractivity contribution in [2.75, 3.05) is 0 Å². The third-order valence-electron chi connectivity index (χ3n) is 2.08. The molecule has 0 radical (unpaired) electrons. The SMILES string of the molecule is CCc1cc(C(=O)OC(C)C)c(Cl)cc1F. The van der Waals surface area contributed by atoms with E-state index >= 15 is 0 Å². The minimum atomic E-state index is -0.519. The van der Waals surface area contributed by atoms with Crippen molar-refractivity contribution in [2.45, 2.75) is 33.3 Å². The van der Waals surface area contributed by atoms with Crippen LogP contribution in [-0.4, -0.2) is 12.1 Å². The van der Waals surface area contributed by atoms with Crippen LogP contribution in [0, 0.1) is 5.82 Å². The molecule has 0 heterocycles. The summed E-state index contributed by atoms with van der Waals surface area (Å²) < 4.78 is 18.3. The standard InChI is InChI=1S/C12H14ClFO2/c1-4-8-5-9(10(13)6-11(8)14)12(15)16-7(2)3/h5-7H,4H2,1-3H3. The fraction of sp³-hybridized carbons (Fsp3) is 0.417. The monoisotopic (exact) mass is 244 g/mol. The highest BCUT2D eigenvalue weighted by atomic mass is 35.5. The quantitative estimate of drug-likeness (QED) is 0.760. The first-order valence-electron chi connectivity index (χ1n) is 5.14. The smallest absolute Gasteiger partial charge is 0.339 e. The summed E-state index contributed by atoms with van der Waals surface area (Å²) in [5, 5.41) is 0.0837. The Balaban J connectivity index is 3.08. The second-order valence-corrected chi connectivity index (χ2v) is 4.14. The number of carbonyl (C=O) groups excluding carboxylic acids is 1. The lowest BCUT2D eigenvalue weighted by molar-refractivity contribution is 0.0378. The van der Waals surface area contributed by atoms with Crippen LogP contribution >= 0.6 is 11.6 Å². The van der Waals surface area contributed by atoms with E-state index in [0.29, 0.717) is 12.0 Å². The van der Waals surface area contributed by atoms with Crippen LogP contribution in [0.25, 0.3) is 0 Å². The van der Waals surface area contributed by atoms with E-state index in [9.17, 15) is 9.18 Å². The van der Waals surface area contributed by atoms with Gasteiger partial charge in [-0.05, 0) is 38.0 Å². The minimum Gasteiger partial charge on any atom is -0.459 e. The molecular weight excluding hydrogens is 231 g/mol. The fourth-order valence-electron chi connectivity index (χ4n) is 1.30. The molecule has 0 aliphatic heterocycles. The van der Waals surface area contributed by atoms with Crippen LogP contribution in [0.2, 0.25) is 5.02 Å². The molecule has 0 aromatic heterocycles. The zero-order valence-electron chi connectivity index (χ0n) is 9.51. The first-order valence-corrected chi connectivity index (χ1v) is 5.52. The van der Waals surface area contributed by atoms with Crippen molar-refractivity contribution in [1.29, 1.82) is 0 Å². The van der Waals surface area contributed by atoms with Crippen molar-refractivity contribution >= 4 is 17.6 Å². The lowest BCUT2D eigenvalue weighted by Crippen LogP contribution is -2.12. The van der Waals surface area contributed by atoms with Gasteiger partial charge in [0.05, 0.1) is 16.7 Å². The van der Waals surface area contributed by atoms with Gasteiger partial charge in [0.2, 0.25) is 0 Å². The molecule has 0 amide bonds. The third kappa shape index (κ3) is 2.95. The Bertz CT molecular complexity index is 402. The zero-order valence-corrected chi connectivity index (χ0v) is 10.3. The van der Waals surface area contributed by atoms with E-state index < -0.39 is 11.8 Å². The van der Waals surface area contributed by atoms with Crippen LogP contribution in [0.5, 0.6) is 0 Å². The second kappa shape index (κ2) is 5.30. The predicted molar refractivity (Wildman–Crippen MR) is 61.3 cm³/mol. The molecule has 1 aromatic carbocycles. The zero-order chi connectivity index (χ0) is 12.3. The highest BCUT2D eigenvalue weighted by molar-refractivity contribution is 6.33. The Morgan fingerprint density at radius 3 is 2.62 bits per heavy atom. The maximum Gasteiger partial charge on any atom is 0.339 e. The van der Waals surface area contributed by atoms with E-state index in [4.69, 9.17) is 16.3 Å². The molecule has 0 bridgehead atoms. The largest absolute Gasteiger partial charge is 0.459 e. The number of hydrogen-bond donors (Lipinski definition) is 0. The van der Waals surface area contributed by atoms with Gasteiger partial charge >= 0.3 is 5.97 Å². The molecule has 88 valence electrons. The van der Waals surface area contributed by atoms with Gasteiger partial charge in [-0.2, -0.15) is 0 Å². The second-order valence-electron chi connectivity index (χ2n) is 3.73. The molecule has 0 N–H and O–H groups in total. The van der Waals surface area contributed by atoms with Crippen LogP contribution in [0.4, 0.5) is 4.39 Å². The molecule has 1 rings (SSSR count). The lowest BCUT2D eigenvalue weighted by Gasteiger charge is -2.10. The van der Waals surface area contributed by atoms with Crippen molar-refractivity contribution in [3.63, 3.8) is 0 Å². The average Bonchev–Trinajstić information content (AvgIpc) is 2.16. The summed E-state index contributed by atoms with van der Waals surface area (Å²) in [6.07, 6.45) is 0.281. The summed E-state index contributed by atoms with van der Waals surface area (Å²) >= 11 is 5.80. The van der Waals surface area contributed by atoms with Gasteiger partial charge in [-0.3, -0.25) is 0 Å². The predicted octanol–water partition coefficient (Wildman–Crippen LogP) is 3.61. The van der Waals surface area contributed by atoms with Gasteiger partial charge in [-0.25, -0.2) is 9.18 Å². The Morgan fingerprint density at radius 1 is 1.50 bits per heavy atom. The van der Waals surface area contributed by atoms with E-state index in [0.717, 1.165) is 6.07 Å². The third-order valence-corrected chi connectivity index (χ3v) is 2.39. The van der Waals surface area contributed by atoms with Crippen molar-refractivity contribution in [2.24, 2.45) is 0 Å². The Morgan fingerprint density at radius 2 is 2.12 bits per heavy atom. The van der Waals surface area contributed by atoms with Crippen LogP contribution in [0.1, 0.15) is 36.7 Å². The van der Waals surface area contributed by atoms with E-state index in [2.05, 4.69) is 0 Å². The van der Waals surface area contributed by atoms with Crippen LogP contribution < -0.4 is 0 Å². The van der Waals surface area contributed by atoms with Crippen molar-refractivity contribution < 1.29 is 13.9 Å². The van der Waals surface area contributed by atoms with Gasteiger partial charge in [-0.15, -0.1) is 0 Å². The van der Waals surface area contributed by atoms with Crippen molar-refractivity contribution in [1.82, 2.24) is 0 Å². The van der Waals surface area contributed by atoms with Gasteiger partial charge in [0.25, 0.3) is 0 Å². The van der Waals surface area contributed by atoms with E-state index in [1.165, 1.54) is 6.07 Å². The molecule has 0 aliphatic carbocycles. The Hall–Kier alpha value is -1.09. The van der Waals surface area contributed by atoms with Crippen LogP contribution in [0.3, 0.4) is 0 Å². The van der Waals surface area contributed by atoms with E-state index in [1.807, 2.05) is 6.92 Å². The molecule has 0 saturated heterocycles. The highest BCUT2D eigenvalue weighted by Gasteiger charge is 2.16.